The molecule has 0 aromatic rings. The molecular formula is C24H41BN2O5. The number of rotatable bonds is 9. The average molecular weight is 448 g/mol. The molecule has 1 saturated heterocycles. The first kappa shape index (κ1) is 25.2. The molecule has 3 aliphatic rings. The van der Waals surface area contributed by atoms with Gasteiger partial charge in [0.2, 0.25) is 11.8 Å². The van der Waals surface area contributed by atoms with Gasteiger partial charge in [-0.1, -0.05) is 19.8 Å². The summed E-state index contributed by atoms with van der Waals surface area (Å²) in [5.41, 5.74) is -1.67. The zero-order valence-electron chi connectivity index (χ0n) is 20.7. The van der Waals surface area contributed by atoms with Crippen LogP contribution in [0, 0.1) is 17.8 Å². The molecule has 8 heteroatoms. The van der Waals surface area contributed by atoms with Crippen LogP contribution in [0.2, 0.25) is 6.32 Å². The highest BCUT2D eigenvalue weighted by Gasteiger charge is 2.60. The van der Waals surface area contributed by atoms with E-state index in [1.807, 2.05) is 27.7 Å². The van der Waals surface area contributed by atoms with Gasteiger partial charge in [0.05, 0.1) is 11.2 Å². The Morgan fingerprint density at radius 3 is 2.34 bits per heavy atom. The molecule has 4 atom stereocenters. The highest BCUT2D eigenvalue weighted by molar-refractivity contribution is 6.45. The summed E-state index contributed by atoms with van der Waals surface area (Å²) < 4.78 is 12.3. The molecule has 7 nitrogen and oxygen atoms in total. The molecule has 180 valence electrons. The molecule has 0 aromatic heterocycles. The van der Waals surface area contributed by atoms with Crippen molar-refractivity contribution < 1.29 is 23.7 Å². The van der Waals surface area contributed by atoms with Gasteiger partial charge in [0.15, 0.2) is 0 Å². The lowest BCUT2D eigenvalue weighted by Gasteiger charge is -2.37. The summed E-state index contributed by atoms with van der Waals surface area (Å²) in [5.74, 6) is 0.227. The normalized spacial score (nSPS) is 32.8. The first-order valence-corrected chi connectivity index (χ1v) is 12.4. The second-order valence-electron chi connectivity index (χ2n) is 11.1. The Morgan fingerprint density at radius 2 is 1.75 bits per heavy atom. The number of carbonyl (C=O) groups excluding carboxylic acids is 3. The number of ketones is 1. The van der Waals surface area contributed by atoms with Crippen molar-refractivity contribution in [2.45, 2.75) is 110 Å². The van der Waals surface area contributed by atoms with E-state index in [2.05, 4.69) is 17.6 Å². The van der Waals surface area contributed by atoms with Crippen molar-refractivity contribution in [3.05, 3.63) is 0 Å². The minimum atomic E-state index is -0.939. The van der Waals surface area contributed by atoms with Gasteiger partial charge in [0.1, 0.15) is 11.3 Å². The first-order valence-electron chi connectivity index (χ1n) is 12.4. The van der Waals surface area contributed by atoms with Gasteiger partial charge in [-0.05, 0) is 71.0 Å². The number of carbonyl (C=O) groups is 3. The Balaban J connectivity index is 1.74. The summed E-state index contributed by atoms with van der Waals surface area (Å²) in [6.07, 6.45) is 5.74. The quantitative estimate of drug-likeness (QED) is 0.417. The lowest BCUT2D eigenvalue weighted by atomic mass is 9.74. The van der Waals surface area contributed by atoms with Crippen molar-refractivity contribution in [2.24, 2.45) is 17.8 Å². The third-order valence-electron chi connectivity index (χ3n) is 8.17. The van der Waals surface area contributed by atoms with Gasteiger partial charge in [-0.3, -0.25) is 14.4 Å². The van der Waals surface area contributed by atoms with Gasteiger partial charge in [0, 0.05) is 26.3 Å². The molecule has 0 unspecified atom stereocenters. The molecule has 2 amide bonds. The van der Waals surface area contributed by atoms with E-state index in [1.165, 1.54) is 6.92 Å². The van der Waals surface area contributed by atoms with Gasteiger partial charge in [0.25, 0.3) is 0 Å². The summed E-state index contributed by atoms with van der Waals surface area (Å²) in [6.45, 7) is 12.3. The molecule has 2 N–H and O–H groups in total. The van der Waals surface area contributed by atoms with Crippen LogP contribution < -0.4 is 10.6 Å². The molecule has 0 spiro atoms. The molecule has 1 aliphatic heterocycles. The van der Waals surface area contributed by atoms with E-state index in [4.69, 9.17) is 9.31 Å². The maximum absolute atomic E-state index is 13.4. The predicted molar refractivity (Wildman–Crippen MR) is 124 cm³/mol. The van der Waals surface area contributed by atoms with Crippen LogP contribution in [0.4, 0.5) is 0 Å². The van der Waals surface area contributed by atoms with Gasteiger partial charge < -0.3 is 19.9 Å². The molecule has 32 heavy (non-hydrogen) atoms. The minimum Gasteiger partial charge on any atom is -0.403 e. The number of hydrogen-bond acceptors (Lipinski definition) is 5. The third-order valence-corrected chi connectivity index (χ3v) is 8.17. The van der Waals surface area contributed by atoms with Crippen molar-refractivity contribution in [2.75, 3.05) is 6.54 Å². The van der Waals surface area contributed by atoms with Gasteiger partial charge in [-0.25, -0.2) is 0 Å². The molecule has 3 rings (SSSR count). The Labute approximate surface area is 193 Å². The fourth-order valence-corrected chi connectivity index (χ4v) is 5.94. The maximum Gasteiger partial charge on any atom is 0.457 e. The van der Waals surface area contributed by atoms with Crippen molar-refractivity contribution in [1.29, 1.82) is 0 Å². The zero-order valence-corrected chi connectivity index (χ0v) is 20.7. The van der Waals surface area contributed by atoms with Crippen LogP contribution in [0.3, 0.4) is 0 Å². The van der Waals surface area contributed by atoms with E-state index >= 15 is 0 Å². The van der Waals surface area contributed by atoms with E-state index in [1.54, 1.807) is 0 Å². The van der Waals surface area contributed by atoms with Crippen LogP contribution in [0.25, 0.3) is 0 Å². The fourth-order valence-electron chi connectivity index (χ4n) is 5.94. The standard InChI is InChI=1S/C24H41BN2O5/c1-7-8-12-26-21(30)24(27-16(2)28)15-17-13-18(29)14-19(17)20(24)10-9-11-25-31-22(3,4)23(5,6)32-25/h17,19-20H,7-15H2,1-6H3,(H,26,30)(H,27,28)/t17-,19-,20+,24+/m1/s1. The number of fused-ring (bicyclic) bond motifs is 1. The summed E-state index contributed by atoms with van der Waals surface area (Å²) in [7, 11) is -0.282. The zero-order chi connectivity index (χ0) is 23.7. The molecule has 2 saturated carbocycles. The highest BCUT2D eigenvalue weighted by atomic mass is 16.7. The van der Waals surface area contributed by atoms with E-state index in [9.17, 15) is 14.4 Å². The topological polar surface area (TPSA) is 93.7 Å². The van der Waals surface area contributed by atoms with Crippen LogP contribution in [0.1, 0.15) is 86.5 Å². The van der Waals surface area contributed by atoms with Crippen molar-refractivity contribution in [1.82, 2.24) is 10.6 Å². The van der Waals surface area contributed by atoms with E-state index in [0.717, 1.165) is 32.0 Å². The summed E-state index contributed by atoms with van der Waals surface area (Å²) in [4.78, 5) is 37.8. The Bertz CT molecular complexity index is 724. The van der Waals surface area contributed by atoms with Crippen LogP contribution in [0.5, 0.6) is 0 Å². The van der Waals surface area contributed by atoms with Gasteiger partial charge >= 0.3 is 7.12 Å². The number of amides is 2. The van der Waals surface area contributed by atoms with Gasteiger partial charge in [-0.15, -0.1) is 0 Å². The fraction of sp³-hybridized carbons (Fsp3) is 0.875. The van der Waals surface area contributed by atoms with Gasteiger partial charge in [-0.2, -0.15) is 0 Å². The van der Waals surface area contributed by atoms with Crippen LogP contribution in [-0.4, -0.2) is 48.0 Å². The molecule has 0 bridgehead atoms. The molecule has 0 radical (unpaired) electrons. The Hall–Kier alpha value is -1.41. The lowest BCUT2D eigenvalue weighted by molar-refractivity contribution is -0.135. The van der Waals surface area contributed by atoms with Crippen molar-refractivity contribution in [3.8, 4) is 0 Å². The number of Topliss-reactive ketones (excluding diaryl/α,β-unsaturated/α-hetero) is 1. The maximum atomic E-state index is 13.4. The number of nitrogens with one attached hydrogen (secondary N) is 2. The summed E-state index contributed by atoms with van der Waals surface area (Å²) in [6, 6.07) is 0. The Kier molecular flexibility index (Phi) is 7.45. The lowest BCUT2D eigenvalue weighted by Crippen LogP contribution is -2.61. The SMILES string of the molecule is CCCCNC(=O)[C@]1(NC(C)=O)C[C@H]2CC(=O)C[C@H]2[C@@H]1CCCB1OC(C)(C)C(C)(C)O1. The molecule has 2 aliphatic carbocycles. The molecular weight excluding hydrogens is 407 g/mol. The molecule has 3 fully saturated rings. The van der Waals surface area contributed by atoms with E-state index in [0.29, 0.717) is 25.8 Å². The highest BCUT2D eigenvalue weighted by Crippen LogP contribution is 2.53. The Morgan fingerprint density at radius 1 is 1.09 bits per heavy atom. The third kappa shape index (κ3) is 4.91. The van der Waals surface area contributed by atoms with Crippen molar-refractivity contribution in [3.63, 3.8) is 0 Å². The van der Waals surface area contributed by atoms with Crippen molar-refractivity contribution >= 4 is 24.7 Å². The van der Waals surface area contributed by atoms with E-state index in [-0.39, 0.29) is 53.7 Å². The second-order valence-corrected chi connectivity index (χ2v) is 11.1. The first-order chi connectivity index (χ1) is 14.9. The smallest absolute Gasteiger partial charge is 0.403 e. The molecule has 1 heterocycles. The van der Waals surface area contributed by atoms with Crippen LogP contribution >= 0.6 is 0 Å². The minimum absolute atomic E-state index is 0.0631. The largest absolute Gasteiger partial charge is 0.457 e. The molecule has 0 aromatic carbocycles. The summed E-state index contributed by atoms with van der Waals surface area (Å²) >= 11 is 0. The van der Waals surface area contributed by atoms with E-state index < -0.39 is 5.54 Å². The van der Waals surface area contributed by atoms with Crippen LogP contribution in [0.15, 0.2) is 0 Å². The number of hydrogen-bond donors (Lipinski definition) is 2. The monoisotopic (exact) mass is 448 g/mol. The predicted octanol–water partition coefficient (Wildman–Crippen LogP) is 3.27. The number of unbranched alkanes of at least 4 members (excludes halogenated alkanes) is 1. The second kappa shape index (κ2) is 9.45. The average Bonchev–Trinajstić information content (AvgIpc) is 3.22. The summed E-state index contributed by atoms with van der Waals surface area (Å²) in [5, 5.41) is 6.12. The van der Waals surface area contributed by atoms with Crippen LogP contribution in [-0.2, 0) is 23.7 Å².